The van der Waals surface area contributed by atoms with Crippen molar-refractivity contribution in [2.75, 3.05) is 0 Å². The van der Waals surface area contributed by atoms with E-state index in [1.165, 1.54) is 11.6 Å². The average Bonchev–Trinajstić information content (AvgIpc) is 2.18. The number of benzene rings is 1. The van der Waals surface area contributed by atoms with Gasteiger partial charge >= 0.3 is 0 Å². The van der Waals surface area contributed by atoms with E-state index in [2.05, 4.69) is 58.0 Å². The van der Waals surface area contributed by atoms with Crippen molar-refractivity contribution in [2.24, 2.45) is 0 Å². The summed E-state index contributed by atoms with van der Waals surface area (Å²) in [7, 11) is -1.85. The number of halogens is 1. The van der Waals surface area contributed by atoms with Gasteiger partial charge in [-0.05, 0) is 16.3 Å². The van der Waals surface area contributed by atoms with Gasteiger partial charge in [0.25, 0.3) is 0 Å². The molecule has 0 aliphatic carbocycles. The van der Waals surface area contributed by atoms with Crippen molar-refractivity contribution < 1.29 is 0 Å². The molecule has 1 rings (SSSR count). The van der Waals surface area contributed by atoms with Crippen molar-refractivity contribution in [1.29, 1.82) is 0 Å². The lowest BCUT2D eigenvalue weighted by Gasteiger charge is -2.37. The molecule has 0 aliphatic rings. The fourth-order valence-electron chi connectivity index (χ4n) is 2.00. The lowest BCUT2D eigenvalue weighted by atomic mass is 10.2. The second-order valence-corrected chi connectivity index (χ2v) is 11.3. The molecule has 0 aromatic heterocycles. The molecule has 0 nitrogen and oxygen atoms in total. The van der Waals surface area contributed by atoms with Crippen LogP contribution in [-0.2, 0) is 0 Å². The van der Waals surface area contributed by atoms with Crippen LogP contribution in [0.1, 0.15) is 34.1 Å². The fourth-order valence-corrected chi connectivity index (χ4v) is 6.26. The highest BCUT2D eigenvalue weighted by molar-refractivity contribution is 7.28. The first-order valence-electron chi connectivity index (χ1n) is 5.66. The minimum Gasteiger partial charge on any atom is -0.160 e. The maximum Gasteiger partial charge on any atom is 0.192 e. The molecule has 0 fully saturated rings. The standard InChI is InChI=1S/C13H21ClSi/c1-5-11-15(14,13(2,3)4)12-9-7-6-8-10-12/h6-10H,5,11H2,1-4H3. The van der Waals surface area contributed by atoms with Crippen LogP contribution in [0.5, 0.6) is 0 Å². The Morgan fingerprint density at radius 2 is 1.67 bits per heavy atom. The Morgan fingerprint density at radius 1 is 1.13 bits per heavy atom. The molecule has 2 heteroatoms. The Morgan fingerprint density at radius 3 is 2.07 bits per heavy atom. The van der Waals surface area contributed by atoms with Gasteiger partial charge in [-0.25, -0.2) is 0 Å². The Kier molecular flexibility index (Phi) is 4.02. The maximum atomic E-state index is 6.98. The van der Waals surface area contributed by atoms with Crippen LogP contribution in [0.3, 0.4) is 0 Å². The average molecular weight is 241 g/mol. The van der Waals surface area contributed by atoms with Crippen molar-refractivity contribution in [2.45, 2.75) is 45.2 Å². The summed E-state index contributed by atoms with van der Waals surface area (Å²) in [6.45, 7) is 9.04. The quantitative estimate of drug-likeness (QED) is 0.546. The van der Waals surface area contributed by atoms with Gasteiger partial charge in [0.05, 0.1) is 0 Å². The molecule has 0 saturated carbocycles. The molecule has 0 radical (unpaired) electrons. The molecule has 0 saturated heterocycles. The maximum absolute atomic E-state index is 6.98. The van der Waals surface area contributed by atoms with Crippen LogP contribution in [0.15, 0.2) is 30.3 Å². The summed E-state index contributed by atoms with van der Waals surface area (Å²) >= 11 is 6.98. The molecular weight excluding hydrogens is 220 g/mol. The predicted octanol–water partition coefficient (Wildman–Crippen LogP) is 4.29. The smallest absolute Gasteiger partial charge is 0.160 e. The molecule has 0 bridgehead atoms. The first-order chi connectivity index (χ1) is 6.92. The van der Waals surface area contributed by atoms with E-state index in [4.69, 9.17) is 11.1 Å². The van der Waals surface area contributed by atoms with Crippen molar-refractivity contribution in [3.8, 4) is 0 Å². The first kappa shape index (κ1) is 12.8. The van der Waals surface area contributed by atoms with Gasteiger partial charge in [-0.2, -0.15) is 11.1 Å². The SMILES string of the molecule is CCC[Si](Cl)(c1ccccc1)C(C)(C)C. The van der Waals surface area contributed by atoms with E-state index in [0.29, 0.717) is 0 Å². The van der Waals surface area contributed by atoms with Crippen molar-refractivity contribution in [3.63, 3.8) is 0 Å². The van der Waals surface area contributed by atoms with Gasteiger partial charge in [0.15, 0.2) is 7.38 Å². The molecule has 0 spiro atoms. The highest BCUT2D eigenvalue weighted by Gasteiger charge is 2.43. The van der Waals surface area contributed by atoms with Crippen molar-refractivity contribution in [3.05, 3.63) is 30.3 Å². The zero-order chi connectivity index (χ0) is 11.5. The molecule has 0 aliphatic heterocycles. The molecule has 0 N–H and O–H groups in total. The van der Waals surface area contributed by atoms with Gasteiger partial charge in [-0.1, -0.05) is 64.4 Å². The molecule has 1 aromatic rings. The third-order valence-electron chi connectivity index (χ3n) is 3.01. The molecular formula is C13H21ClSi. The summed E-state index contributed by atoms with van der Waals surface area (Å²) in [5.74, 6) is 0. The van der Waals surface area contributed by atoms with Crippen LogP contribution in [0, 0.1) is 0 Å². The van der Waals surface area contributed by atoms with Gasteiger partial charge in [0, 0.05) is 0 Å². The number of hydrogen-bond acceptors (Lipinski definition) is 0. The molecule has 84 valence electrons. The van der Waals surface area contributed by atoms with Gasteiger partial charge in [0.2, 0.25) is 0 Å². The van der Waals surface area contributed by atoms with Gasteiger partial charge in [-0.15, -0.1) is 0 Å². The van der Waals surface area contributed by atoms with Crippen LogP contribution in [0.4, 0.5) is 0 Å². The van der Waals surface area contributed by atoms with Gasteiger partial charge in [0.1, 0.15) is 0 Å². The summed E-state index contributed by atoms with van der Waals surface area (Å²) < 4.78 is 0. The number of rotatable bonds is 3. The molecule has 1 aromatic carbocycles. The predicted molar refractivity (Wildman–Crippen MR) is 72.5 cm³/mol. The molecule has 15 heavy (non-hydrogen) atoms. The van der Waals surface area contributed by atoms with E-state index in [9.17, 15) is 0 Å². The van der Waals surface area contributed by atoms with Crippen LogP contribution >= 0.6 is 11.1 Å². The molecule has 1 atom stereocenters. The Labute approximate surface area is 99.4 Å². The normalized spacial score (nSPS) is 16.1. The molecule has 0 amide bonds. The lowest BCUT2D eigenvalue weighted by Crippen LogP contribution is -2.49. The van der Waals surface area contributed by atoms with E-state index >= 15 is 0 Å². The van der Waals surface area contributed by atoms with E-state index in [-0.39, 0.29) is 5.04 Å². The van der Waals surface area contributed by atoms with E-state index in [1.54, 1.807) is 0 Å². The lowest BCUT2D eigenvalue weighted by molar-refractivity contribution is 0.727. The van der Waals surface area contributed by atoms with Crippen LogP contribution in [0.25, 0.3) is 0 Å². The summed E-state index contributed by atoms with van der Waals surface area (Å²) in [6.07, 6.45) is 1.17. The van der Waals surface area contributed by atoms with E-state index < -0.39 is 7.38 Å². The van der Waals surface area contributed by atoms with E-state index in [0.717, 1.165) is 6.04 Å². The monoisotopic (exact) mass is 240 g/mol. The Bertz CT molecular complexity index is 302. The minimum atomic E-state index is -1.85. The topological polar surface area (TPSA) is 0 Å². The van der Waals surface area contributed by atoms with Crippen LogP contribution in [-0.4, -0.2) is 7.38 Å². The minimum absolute atomic E-state index is 0.214. The second-order valence-electron chi connectivity index (χ2n) is 5.17. The van der Waals surface area contributed by atoms with Crippen LogP contribution < -0.4 is 5.19 Å². The first-order valence-corrected chi connectivity index (χ1v) is 8.88. The fraction of sp³-hybridized carbons (Fsp3) is 0.538. The number of hydrogen-bond donors (Lipinski definition) is 0. The third kappa shape index (κ3) is 2.64. The van der Waals surface area contributed by atoms with Gasteiger partial charge in [-0.3, -0.25) is 0 Å². The largest absolute Gasteiger partial charge is 0.192 e. The summed E-state index contributed by atoms with van der Waals surface area (Å²) in [5, 5.41) is 1.59. The third-order valence-corrected chi connectivity index (χ3v) is 10.8. The molecule has 0 heterocycles. The summed E-state index contributed by atoms with van der Waals surface area (Å²) in [6, 6.07) is 11.8. The zero-order valence-electron chi connectivity index (χ0n) is 10.2. The van der Waals surface area contributed by atoms with Crippen LogP contribution in [0.2, 0.25) is 11.1 Å². The van der Waals surface area contributed by atoms with Crippen molar-refractivity contribution in [1.82, 2.24) is 0 Å². The Balaban J connectivity index is 3.13. The molecule has 1 unspecified atom stereocenters. The second kappa shape index (κ2) is 4.71. The summed E-state index contributed by atoms with van der Waals surface area (Å²) in [4.78, 5) is 0. The van der Waals surface area contributed by atoms with E-state index in [1.807, 2.05) is 0 Å². The summed E-state index contributed by atoms with van der Waals surface area (Å²) in [5.41, 5.74) is 0. The van der Waals surface area contributed by atoms with Crippen molar-refractivity contribution >= 4 is 23.6 Å². The highest BCUT2D eigenvalue weighted by atomic mass is 35.6. The van der Waals surface area contributed by atoms with Gasteiger partial charge < -0.3 is 0 Å². The Hall–Kier alpha value is -0.273. The zero-order valence-corrected chi connectivity index (χ0v) is 11.9. The highest BCUT2D eigenvalue weighted by Crippen LogP contribution is 2.41.